The highest BCUT2D eigenvalue weighted by molar-refractivity contribution is 5.78. The number of carbonyl (C=O) groups is 1. The van der Waals surface area contributed by atoms with E-state index in [0.29, 0.717) is 0 Å². The lowest BCUT2D eigenvalue weighted by atomic mass is 10.2. The largest absolute Gasteiger partial charge is 0.496 e. The first-order valence-corrected chi connectivity index (χ1v) is 9.56. The molecule has 1 N–H and O–H groups in total. The van der Waals surface area contributed by atoms with Gasteiger partial charge in [-0.05, 0) is 13.0 Å². The molecule has 0 aliphatic carbocycles. The van der Waals surface area contributed by atoms with Crippen molar-refractivity contribution in [2.24, 2.45) is 5.92 Å². The van der Waals surface area contributed by atoms with Gasteiger partial charge in [0.25, 0.3) is 0 Å². The quantitative estimate of drug-likeness (QED) is 0.843. The Morgan fingerprint density at radius 2 is 1.96 bits per heavy atom. The molecule has 7 nitrogen and oxygen atoms in total. The van der Waals surface area contributed by atoms with E-state index in [1.54, 1.807) is 7.11 Å². The highest BCUT2D eigenvalue weighted by Gasteiger charge is 2.23. The van der Waals surface area contributed by atoms with Crippen LogP contribution in [0.3, 0.4) is 0 Å². The number of ether oxygens (including phenoxy) is 1. The molecule has 0 saturated heterocycles. The lowest BCUT2D eigenvalue weighted by Gasteiger charge is -2.21. The van der Waals surface area contributed by atoms with E-state index >= 15 is 0 Å². The van der Waals surface area contributed by atoms with Crippen molar-refractivity contribution in [1.29, 1.82) is 0 Å². The summed E-state index contributed by atoms with van der Waals surface area (Å²) in [5, 5.41) is 11.7. The van der Waals surface area contributed by atoms with E-state index < -0.39 is 0 Å². The predicted molar refractivity (Wildman–Crippen MR) is 103 cm³/mol. The number of nitrogens with one attached hydrogen (secondary N) is 1. The second-order valence-electron chi connectivity index (χ2n) is 7.35. The minimum atomic E-state index is -0.151. The predicted octanol–water partition coefficient (Wildman–Crippen LogP) is 2.18. The number of benzene rings is 1. The van der Waals surface area contributed by atoms with Crippen molar-refractivity contribution in [3.05, 3.63) is 41.5 Å². The average molecular weight is 371 g/mol. The van der Waals surface area contributed by atoms with Gasteiger partial charge in [-0.1, -0.05) is 32.0 Å². The van der Waals surface area contributed by atoms with Gasteiger partial charge in [-0.25, -0.2) is 0 Å². The number of methoxy groups -OCH3 is 1. The van der Waals surface area contributed by atoms with Gasteiger partial charge in [0, 0.05) is 44.1 Å². The third-order valence-corrected chi connectivity index (χ3v) is 5.00. The summed E-state index contributed by atoms with van der Waals surface area (Å²) in [7, 11) is 1.71. The summed E-state index contributed by atoms with van der Waals surface area (Å²) in [5.74, 6) is 2.73. The van der Waals surface area contributed by atoms with Crippen LogP contribution in [0, 0.1) is 5.92 Å². The molecule has 1 atom stereocenters. The Hall–Kier alpha value is -2.41. The summed E-state index contributed by atoms with van der Waals surface area (Å²) in [6.45, 7) is 9.23. The van der Waals surface area contributed by atoms with Gasteiger partial charge in [-0.2, -0.15) is 0 Å². The zero-order chi connectivity index (χ0) is 19.4. The fourth-order valence-corrected chi connectivity index (χ4v) is 3.39. The minimum absolute atomic E-state index is 0.0336. The third-order valence-electron chi connectivity index (χ3n) is 5.00. The topological polar surface area (TPSA) is 72.3 Å². The standard InChI is InChI=1S/C20H29N5O2/c1-14(2)20(26)21-15(3)19-23-22-18-9-10-24(11-12-25(18)19)13-16-7-5-6-8-17(16)27-4/h5-8,14-15H,9-13H2,1-4H3,(H,21,26)/t15-/m0/s1. The number of fused-ring (bicyclic) bond motifs is 1. The van der Waals surface area contributed by atoms with Crippen molar-refractivity contribution in [2.75, 3.05) is 20.2 Å². The maximum atomic E-state index is 12.0. The number of hydrogen-bond acceptors (Lipinski definition) is 5. The number of aromatic nitrogens is 3. The van der Waals surface area contributed by atoms with Crippen LogP contribution in [0.5, 0.6) is 5.75 Å². The van der Waals surface area contributed by atoms with Gasteiger partial charge in [0.15, 0.2) is 5.82 Å². The highest BCUT2D eigenvalue weighted by atomic mass is 16.5. The fraction of sp³-hybridized carbons (Fsp3) is 0.550. The molecule has 2 heterocycles. The molecular weight excluding hydrogens is 342 g/mol. The SMILES string of the molecule is COc1ccccc1CN1CCc2nnc([C@H](C)NC(=O)C(C)C)n2CC1. The molecule has 3 rings (SSSR count). The zero-order valence-corrected chi connectivity index (χ0v) is 16.6. The molecule has 1 aromatic carbocycles. The molecule has 7 heteroatoms. The average Bonchev–Trinajstić information content (AvgIpc) is 2.97. The van der Waals surface area contributed by atoms with E-state index in [-0.39, 0.29) is 17.9 Å². The van der Waals surface area contributed by atoms with E-state index in [1.807, 2.05) is 39.0 Å². The number of nitrogens with zero attached hydrogens (tertiary/aromatic N) is 4. The van der Waals surface area contributed by atoms with Gasteiger partial charge in [0.1, 0.15) is 11.6 Å². The van der Waals surface area contributed by atoms with E-state index in [2.05, 4.69) is 31.0 Å². The Labute approximate surface area is 160 Å². The summed E-state index contributed by atoms with van der Waals surface area (Å²) in [6.07, 6.45) is 0.840. The van der Waals surface area contributed by atoms with Crippen molar-refractivity contribution in [2.45, 2.75) is 46.3 Å². The number of amides is 1. The number of carbonyl (C=O) groups excluding carboxylic acids is 1. The van der Waals surface area contributed by atoms with Gasteiger partial charge >= 0.3 is 0 Å². The Morgan fingerprint density at radius 1 is 1.19 bits per heavy atom. The molecule has 146 valence electrons. The van der Waals surface area contributed by atoms with Crippen molar-refractivity contribution in [3.63, 3.8) is 0 Å². The molecular formula is C20H29N5O2. The molecule has 0 unspecified atom stereocenters. The zero-order valence-electron chi connectivity index (χ0n) is 16.6. The first kappa shape index (κ1) is 19.4. The molecule has 0 fully saturated rings. The highest BCUT2D eigenvalue weighted by Crippen LogP contribution is 2.21. The number of hydrogen-bond donors (Lipinski definition) is 1. The summed E-state index contributed by atoms with van der Waals surface area (Å²) >= 11 is 0. The Bertz CT molecular complexity index is 786. The molecule has 1 aliphatic rings. The summed E-state index contributed by atoms with van der Waals surface area (Å²) in [4.78, 5) is 14.4. The van der Waals surface area contributed by atoms with Crippen LogP contribution in [0.25, 0.3) is 0 Å². The maximum absolute atomic E-state index is 12.0. The van der Waals surface area contributed by atoms with Gasteiger partial charge in [0.05, 0.1) is 13.2 Å². The maximum Gasteiger partial charge on any atom is 0.223 e. The second-order valence-corrected chi connectivity index (χ2v) is 7.35. The van der Waals surface area contributed by atoms with Crippen LogP contribution in [0.15, 0.2) is 24.3 Å². The molecule has 1 aromatic heterocycles. The monoisotopic (exact) mass is 371 g/mol. The van der Waals surface area contributed by atoms with Crippen molar-refractivity contribution >= 4 is 5.91 Å². The molecule has 1 amide bonds. The molecule has 0 spiro atoms. The lowest BCUT2D eigenvalue weighted by molar-refractivity contribution is -0.124. The molecule has 0 saturated carbocycles. The third kappa shape index (κ3) is 4.47. The fourth-order valence-electron chi connectivity index (χ4n) is 3.39. The van der Waals surface area contributed by atoms with Crippen LogP contribution in [0.4, 0.5) is 0 Å². The van der Waals surface area contributed by atoms with Gasteiger partial charge in [-0.3, -0.25) is 9.69 Å². The number of rotatable bonds is 6. The van der Waals surface area contributed by atoms with Crippen LogP contribution >= 0.6 is 0 Å². The smallest absolute Gasteiger partial charge is 0.223 e. The van der Waals surface area contributed by atoms with Crippen molar-refractivity contribution in [3.8, 4) is 5.75 Å². The van der Waals surface area contributed by atoms with Crippen LogP contribution in [0.2, 0.25) is 0 Å². The Morgan fingerprint density at radius 3 is 2.70 bits per heavy atom. The molecule has 0 bridgehead atoms. The van der Waals surface area contributed by atoms with Crippen molar-refractivity contribution in [1.82, 2.24) is 25.0 Å². The Kier molecular flexibility index (Phi) is 6.11. The summed E-state index contributed by atoms with van der Waals surface area (Å²) < 4.78 is 7.64. The first-order chi connectivity index (χ1) is 13.0. The van der Waals surface area contributed by atoms with Crippen molar-refractivity contribution < 1.29 is 9.53 Å². The Balaban J connectivity index is 1.68. The van der Waals surface area contributed by atoms with E-state index in [9.17, 15) is 4.79 Å². The summed E-state index contributed by atoms with van der Waals surface area (Å²) in [5.41, 5.74) is 1.19. The molecule has 0 radical (unpaired) electrons. The van der Waals surface area contributed by atoms with E-state index in [0.717, 1.165) is 50.0 Å². The van der Waals surface area contributed by atoms with E-state index in [1.165, 1.54) is 5.56 Å². The second kappa shape index (κ2) is 8.52. The molecule has 2 aromatic rings. The molecule has 1 aliphatic heterocycles. The minimum Gasteiger partial charge on any atom is -0.496 e. The summed E-state index contributed by atoms with van der Waals surface area (Å²) in [6, 6.07) is 7.99. The first-order valence-electron chi connectivity index (χ1n) is 9.56. The van der Waals surface area contributed by atoms with Crippen LogP contribution in [-0.4, -0.2) is 45.8 Å². The van der Waals surface area contributed by atoms with Gasteiger partial charge in [0.2, 0.25) is 5.91 Å². The van der Waals surface area contributed by atoms with Gasteiger partial charge in [-0.15, -0.1) is 10.2 Å². The van der Waals surface area contributed by atoms with E-state index in [4.69, 9.17) is 4.74 Å². The van der Waals surface area contributed by atoms with Crippen LogP contribution < -0.4 is 10.1 Å². The van der Waals surface area contributed by atoms with Crippen LogP contribution in [0.1, 0.15) is 44.0 Å². The normalized spacial score (nSPS) is 15.9. The van der Waals surface area contributed by atoms with Gasteiger partial charge < -0.3 is 14.6 Å². The van der Waals surface area contributed by atoms with Crippen LogP contribution in [-0.2, 0) is 24.3 Å². The molecule has 27 heavy (non-hydrogen) atoms. The lowest BCUT2D eigenvalue weighted by Crippen LogP contribution is -2.32. The number of para-hydroxylation sites is 1.